The van der Waals surface area contributed by atoms with Gasteiger partial charge in [0.2, 0.25) is 0 Å². The molecule has 2 aliphatic rings. The van der Waals surface area contributed by atoms with Gasteiger partial charge in [-0.3, -0.25) is 9.89 Å². The van der Waals surface area contributed by atoms with Crippen LogP contribution in [0.4, 0.5) is 5.69 Å². The van der Waals surface area contributed by atoms with Crippen LogP contribution < -0.4 is 10.2 Å². The highest BCUT2D eigenvalue weighted by Gasteiger charge is 2.33. The number of hydrogen-bond donors (Lipinski definition) is 2. The molecule has 1 saturated carbocycles. The van der Waals surface area contributed by atoms with E-state index in [0.29, 0.717) is 12.0 Å². The molecule has 0 bridgehead atoms. The Morgan fingerprint density at radius 2 is 2.25 bits per heavy atom. The molecule has 1 amide bonds. The lowest BCUT2D eigenvalue weighted by atomic mass is 9.98. The second-order valence-electron chi connectivity index (χ2n) is 7.10. The van der Waals surface area contributed by atoms with Crippen LogP contribution in [0.2, 0.25) is 0 Å². The highest BCUT2D eigenvalue weighted by atomic mass is 16.1. The molecule has 1 aromatic carbocycles. The Balaban J connectivity index is 1.64. The lowest BCUT2D eigenvalue weighted by Crippen LogP contribution is -2.29. The number of aromatic nitrogens is 3. The molecule has 2 aromatic rings. The van der Waals surface area contributed by atoms with E-state index in [1.807, 2.05) is 12.1 Å². The molecular formula is C18H23N5O. The largest absolute Gasteiger partial charge is 0.368 e. The summed E-state index contributed by atoms with van der Waals surface area (Å²) in [6.07, 6.45) is 4.02. The lowest BCUT2D eigenvalue weighted by Gasteiger charge is -2.24. The van der Waals surface area contributed by atoms with Crippen molar-refractivity contribution in [1.29, 1.82) is 0 Å². The molecule has 2 heterocycles. The van der Waals surface area contributed by atoms with Crippen molar-refractivity contribution < 1.29 is 4.79 Å². The van der Waals surface area contributed by atoms with E-state index in [0.717, 1.165) is 30.0 Å². The maximum absolute atomic E-state index is 12.4. The van der Waals surface area contributed by atoms with Crippen LogP contribution in [-0.2, 0) is 0 Å². The molecule has 0 spiro atoms. The van der Waals surface area contributed by atoms with Gasteiger partial charge >= 0.3 is 0 Å². The quantitative estimate of drug-likeness (QED) is 0.885. The van der Waals surface area contributed by atoms with Gasteiger partial charge in [-0.1, -0.05) is 0 Å². The second-order valence-corrected chi connectivity index (χ2v) is 7.10. The summed E-state index contributed by atoms with van der Waals surface area (Å²) in [7, 11) is 0. The SMILES string of the molecule is CC(C)N1CC(c2ncn[nH]2)c2cc(C(=O)NCC3CC3)ccc21. The fourth-order valence-corrected chi connectivity index (χ4v) is 3.40. The standard InChI is InChI=1S/C18H23N5O/c1-11(2)23-9-15(17-20-10-21-22-17)14-7-13(5-6-16(14)23)18(24)19-8-12-3-4-12/h5-7,10-12,15H,3-4,8-9H2,1-2H3,(H,19,24)(H,20,21,22). The van der Waals surface area contributed by atoms with Gasteiger partial charge in [0.05, 0.1) is 5.92 Å². The first-order valence-electron chi connectivity index (χ1n) is 8.67. The van der Waals surface area contributed by atoms with Crippen molar-refractivity contribution >= 4 is 11.6 Å². The number of benzene rings is 1. The van der Waals surface area contributed by atoms with Gasteiger partial charge in [-0.2, -0.15) is 5.10 Å². The van der Waals surface area contributed by atoms with E-state index in [1.54, 1.807) is 6.33 Å². The molecule has 6 nitrogen and oxygen atoms in total. The van der Waals surface area contributed by atoms with Crippen molar-refractivity contribution in [3.05, 3.63) is 41.5 Å². The molecule has 1 fully saturated rings. The highest BCUT2D eigenvalue weighted by molar-refractivity contribution is 5.95. The minimum Gasteiger partial charge on any atom is -0.368 e. The third kappa shape index (κ3) is 2.77. The number of aromatic amines is 1. The predicted octanol–water partition coefficient (Wildman–Crippen LogP) is 2.30. The summed E-state index contributed by atoms with van der Waals surface area (Å²) < 4.78 is 0. The summed E-state index contributed by atoms with van der Waals surface area (Å²) in [4.78, 5) is 19.1. The third-order valence-corrected chi connectivity index (χ3v) is 4.99. The van der Waals surface area contributed by atoms with Gasteiger partial charge in [0.1, 0.15) is 12.2 Å². The topological polar surface area (TPSA) is 73.9 Å². The zero-order valence-electron chi connectivity index (χ0n) is 14.1. The van der Waals surface area contributed by atoms with Crippen LogP contribution in [0.5, 0.6) is 0 Å². The van der Waals surface area contributed by atoms with Gasteiger partial charge in [-0.15, -0.1) is 0 Å². The first-order chi connectivity index (χ1) is 11.6. The van der Waals surface area contributed by atoms with Crippen LogP contribution in [0.15, 0.2) is 24.5 Å². The van der Waals surface area contributed by atoms with Crippen molar-refractivity contribution in [1.82, 2.24) is 20.5 Å². The molecular weight excluding hydrogens is 302 g/mol. The predicted molar refractivity (Wildman–Crippen MR) is 92.2 cm³/mol. The van der Waals surface area contributed by atoms with Gasteiger partial charge in [0.15, 0.2) is 0 Å². The molecule has 0 radical (unpaired) electrons. The molecule has 1 aliphatic carbocycles. The fraction of sp³-hybridized carbons (Fsp3) is 0.500. The van der Waals surface area contributed by atoms with Gasteiger partial charge in [-0.25, -0.2) is 4.98 Å². The van der Waals surface area contributed by atoms with Gasteiger partial charge in [0, 0.05) is 30.4 Å². The summed E-state index contributed by atoms with van der Waals surface area (Å²) in [5.41, 5.74) is 3.06. The molecule has 1 unspecified atom stereocenters. The molecule has 1 aromatic heterocycles. The van der Waals surface area contributed by atoms with Gasteiger partial charge in [-0.05, 0) is 56.4 Å². The van der Waals surface area contributed by atoms with Crippen LogP contribution in [0, 0.1) is 5.92 Å². The van der Waals surface area contributed by atoms with Crippen molar-refractivity contribution in [3.8, 4) is 0 Å². The zero-order chi connectivity index (χ0) is 16.7. The van der Waals surface area contributed by atoms with Crippen LogP contribution in [0.1, 0.15) is 54.4 Å². The Bertz CT molecular complexity index is 736. The Morgan fingerprint density at radius 3 is 2.92 bits per heavy atom. The maximum atomic E-state index is 12.4. The Hall–Kier alpha value is -2.37. The number of rotatable bonds is 5. The van der Waals surface area contributed by atoms with Crippen molar-refractivity contribution in [2.24, 2.45) is 5.92 Å². The molecule has 2 N–H and O–H groups in total. The summed E-state index contributed by atoms with van der Waals surface area (Å²) in [6.45, 7) is 6.01. The number of fused-ring (bicyclic) bond motifs is 1. The number of H-pyrrole nitrogens is 1. The third-order valence-electron chi connectivity index (χ3n) is 4.99. The van der Waals surface area contributed by atoms with Crippen LogP contribution in [-0.4, -0.2) is 40.2 Å². The van der Waals surface area contributed by atoms with Gasteiger partial charge < -0.3 is 10.2 Å². The van der Waals surface area contributed by atoms with Crippen LogP contribution >= 0.6 is 0 Å². The second kappa shape index (κ2) is 5.92. The number of nitrogens with zero attached hydrogens (tertiary/aromatic N) is 3. The van der Waals surface area contributed by atoms with E-state index in [1.165, 1.54) is 18.5 Å². The number of anilines is 1. The minimum atomic E-state index is 0.0176. The van der Waals surface area contributed by atoms with E-state index >= 15 is 0 Å². The molecule has 1 aliphatic heterocycles. The monoisotopic (exact) mass is 325 g/mol. The Morgan fingerprint density at radius 1 is 1.42 bits per heavy atom. The van der Waals surface area contributed by atoms with Crippen molar-refractivity contribution in [3.63, 3.8) is 0 Å². The summed E-state index contributed by atoms with van der Waals surface area (Å²) in [5.74, 6) is 1.68. The molecule has 126 valence electrons. The summed E-state index contributed by atoms with van der Waals surface area (Å²) in [5, 5.41) is 10.0. The normalized spacial score (nSPS) is 19.6. The number of carbonyl (C=O) groups excluding carboxylic acids is 1. The van der Waals surface area contributed by atoms with Crippen molar-refractivity contribution in [2.75, 3.05) is 18.0 Å². The average Bonchev–Trinajstić information content (AvgIpc) is 3.09. The van der Waals surface area contributed by atoms with E-state index in [-0.39, 0.29) is 11.8 Å². The number of hydrogen-bond acceptors (Lipinski definition) is 4. The highest BCUT2D eigenvalue weighted by Crippen LogP contribution is 2.40. The van der Waals surface area contributed by atoms with Crippen molar-refractivity contribution in [2.45, 2.75) is 38.6 Å². The summed E-state index contributed by atoms with van der Waals surface area (Å²) in [6, 6.07) is 6.41. The molecule has 0 saturated heterocycles. The first kappa shape index (κ1) is 15.2. The molecule has 1 atom stereocenters. The summed E-state index contributed by atoms with van der Waals surface area (Å²) >= 11 is 0. The first-order valence-corrected chi connectivity index (χ1v) is 8.67. The van der Waals surface area contributed by atoms with Crippen LogP contribution in [0.25, 0.3) is 0 Å². The lowest BCUT2D eigenvalue weighted by molar-refractivity contribution is 0.0951. The Labute approximate surface area is 141 Å². The molecule has 24 heavy (non-hydrogen) atoms. The van der Waals surface area contributed by atoms with E-state index in [2.05, 4.69) is 45.3 Å². The number of nitrogens with one attached hydrogen (secondary N) is 2. The number of carbonyl (C=O) groups is 1. The van der Waals surface area contributed by atoms with E-state index < -0.39 is 0 Å². The fourth-order valence-electron chi connectivity index (χ4n) is 3.40. The maximum Gasteiger partial charge on any atom is 0.251 e. The Kier molecular flexibility index (Phi) is 3.75. The van der Waals surface area contributed by atoms with E-state index in [9.17, 15) is 4.79 Å². The van der Waals surface area contributed by atoms with E-state index in [4.69, 9.17) is 0 Å². The van der Waals surface area contributed by atoms with Crippen LogP contribution in [0.3, 0.4) is 0 Å². The average molecular weight is 325 g/mol. The minimum absolute atomic E-state index is 0.0176. The number of amides is 1. The molecule has 4 rings (SSSR count). The zero-order valence-corrected chi connectivity index (χ0v) is 14.1. The van der Waals surface area contributed by atoms with Gasteiger partial charge in [0.25, 0.3) is 5.91 Å². The molecule has 6 heteroatoms. The smallest absolute Gasteiger partial charge is 0.251 e.